The van der Waals surface area contributed by atoms with E-state index in [9.17, 15) is 4.21 Å². The van der Waals surface area contributed by atoms with Crippen molar-refractivity contribution in [3.8, 4) is 0 Å². The van der Waals surface area contributed by atoms with E-state index in [1.165, 1.54) is 12.5 Å². The summed E-state index contributed by atoms with van der Waals surface area (Å²) in [6, 6.07) is 1.60. The Labute approximate surface area is 77.6 Å². The van der Waals surface area contributed by atoms with Crippen LogP contribution in [0.2, 0.25) is 0 Å². The Morgan fingerprint density at radius 2 is 2.15 bits per heavy atom. The van der Waals surface area contributed by atoms with Crippen molar-refractivity contribution in [2.45, 2.75) is 17.7 Å². The quantitative estimate of drug-likeness (QED) is 0.789. The molecule has 4 nitrogen and oxygen atoms in total. The largest absolute Gasteiger partial charge is 0.471 e. The second-order valence-corrected chi connectivity index (χ2v) is 5.16. The molecule has 5 heteroatoms. The highest BCUT2D eigenvalue weighted by atomic mass is 32.2. The maximum atomic E-state index is 12.0. The van der Waals surface area contributed by atoms with Crippen LogP contribution in [0.3, 0.4) is 0 Å². The van der Waals surface area contributed by atoms with Gasteiger partial charge in [0.1, 0.15) is 21.1 Å². The van der Waals surface area contributed by atoms with Crippen LogP contribution < -0.4 is 0 Å². The number of hydrogen-bond donors (Lipinski definition) is 1. The molecule has 1 aliphatic rings. The maximum Gasteiger partial charge on any atom is 0.140 e. The van der Waals surface area contributed by atoms with Crippen molar-refractivity contribution in [2.24, 2.45) is 0 Å². The third kappa shape index (κ3) is 1.49. The molecular formula is C8H12N2O2S. The van der Waals surface area contributed by atoms with Gasteiger partial charge in [0.2, 0.25) is 0 Å². The van der Waals surface area contributed by atoms with Gasteiger partial charge in [0.15, 0.2) is 0 Å². The van der Waals surface area contributed by atoms with E-state index >= 15 is 0 Å². The minimum absolute atomic E-state index is 0.481. The molecule has 1 fully saturated rings. The SMILES string of the molecule is N=S(=O)(c1ccoc1)N1CCCC1. The average Bonchev–Trinajstić information content (AvgIpc) is 2.78. The molecule has 72 valence electrons. The normalized spacial score (nSPS) is 23.1. The first-order valence-electron chi connectivity index (χ1n) is 4.27. The highest BCUT2D eigenvalue weighted by Crippen LogP contribution is 2.21. The third-order valence-electron chi connectivity index (χ3n) is 2.24. The lowest BCUT2D eigenvalue weighted by molar-refractivity contribution is 0.520. The van der Waals surface area contributed by atoms with Crippen molar-refractivity contribution in [2.75, 3.05) is 13.1 Å². The highest BCUT2D eigenvalue weighted by molar-refractivity contribution is 7.90. The highest BCUT2D eigenvalue weighted by Gasteiger charge is 2.24. The Morgan fingerprint density at radius 1 is 1.46 bits per heavy atom. The predicted molar refractivity (Wildman–Crippen MR) is 48.6 cm³/mol. The van der Waals surface area contributed by atoms with Crippen LogP contribution in [-0.4, -0.2) is 21.6 Å². The number of nitrogens with one attached hydrogen (secondary N) is 1. The van der Waals surface area contributed by atoms with Gasteiger partial charge in [0, 0.05) is 13.1 Å². The molecule has 0 bridgehead atoms. The molecule has 1 aromatic heterocycles. The maximum absolute atomic E-state index is 12.0. The lowest BCUT2D eigenvalue weighted by Crippen LogP contribution is -2.26. The Morgan fingerprint density at radius 3 is 2.69 bits per heavy atom. The molecular weight excluding hydrogens is 188 g/mol. The number of furan rings is 1. The second-order valence-electron chi connectivity index (χ2n) is 3.12. The van der Waals surface area contributed by atoms with Gasteiger partial charge < -0.3 is 4.42 Å². The van der Waals surface area contributed by atoms with Crippen molar-refractivity contribution < 1.29 is 8.63 Å². The van der Waals surface area contributed by atoms with Gasteiger partial charge >= 0.3 is 0 Å². The summed E-state index contributed by atoms with van der Waals surface area (Å²) in [6.07, 6.45) is 4.93. The van der Waals surface area contributed by atoms with E-state index in [1.807, 2.05) is 0 Å². The molecule has 1 unspecified atom stereocenters. The molecule has 1 aliphatic heterocycles. The summed E-state index contributed by atoms with van der Waals surface area (Å²) in [5.41, 5.74) is 0. The summed E-state index contributed by atoms with van der Waals surface area (Å²) in [4.78, 5) is 0.481. The minimum atomic E-state index is -2.76. The van der Waals surface area contributed by atoms with Gasteiger partial charge in [-0.1, -0.05) is 0 Å². The van der Waals surface area contributed by atoms with E-state index < -0.39 is 9.92 Å². The Balaban J connectivity index is 2.30. The summed E-state index contributed by atoms with van der Waals surface area (Å²) >= 11 is 0. The molecule has 1 atom stereocenters. The van der Waals surface area contributed by atoms with E-state index in [4.69, 9.17) is 9.20 Å². The van der Waals surface area contributed by atoms with Crippen molar-refractivity contribution >= 4 is 9.92 Å². The average molecular weight is 200 g/mol. The van der Waals surface area contributed by atoms with E-state index in [-0.39, 0.29) is 0 Å². The van der Waals surface area contributed by atoms with E-state index in [0.717, 1.165) is 25.9 Å². The van der Waals surface area contributed by atoms with Gasteiger partial charge in [-0.05, 0) is 18.9 Å². The molecule has 1 N–H and O–H groups in total. The summed E-state index contributed by atoms with van der Waals surface area (Å²) in [5.74, 6) is 0. The molecule has 0 spiro atoms. The van der Waals surface area contributed by atoms with Gasteiger partial charge in [0.25, 0.3) is 0 Å². The van der Waals surface area contributed by atoms with Crippen molar-refractivity contribution in [1.29, 1.82) is 4.78 Å². The summed E-state index contributed by atoms with van der Waals surface area (Å²) < 4.78 is 26.3. The zero-order valence-corrected chi connectivity index (χ0v) is 8.05. The zero-order valence-electron chi connectivity index (χ0n) is 7.23. The Bertz CT molecular complexity index is 363. The lowest BCUT2D eigenvalue weighted by Gasteiger charge is -2.16. The van der Waals surface area contributed by atoms with E-state index in [1.54, 1.807) is 10.4 Å². The minimum Gasteiger partial charge on any atom is -0.471 e. The molecule has 0 amide bonds. The predicted octanol–water partition coefficient (Wildman–Crippen LogP) is 1.70. The second kappa shape index (κ2) is 3.16. The van der Waals surface area contributed by atoms with Crippen LogP contribution in [0.4, 0.5) is 0 Å². The first kappa shape index (κ1) is 8.77. The summed E-state index contributed by atoms with van der Waals surface area (Å²) in [6.45, 7) is 1.51. The van der Waals surface area contributed by atoms with Crippen LogP contribution in [0.15, 0.2) is 27.9 Å². The van der Waals surface area contributed by atoms with Crippen LogP contribution in [0.1, 0.15) is 12.8 Å². The van der Waals surface area contributed by atoms with E-state index in [2.05, 4.69) is 0 Å². The summed E-state index contributed by atoms with van der Waals surface area (Å²) in [5, 5.41) is 0. The smallest absolute Gasteiger partial charge is 0.140 e. The first-order valence-corrected chi connectivity index (χ1v) is 5.79. The van der Waals surface area contributed by atoms with Crippen LogP contribution in [-0.2, 0) is 9.92 Å². The van der Waals surface area contributed by atoms with Gasteiger partial charge in [-0.3, -0.25) is 0 Å². The van der Waals surface area contributed by atoms with E-state index in [0.29, 0.717) is 4.90 Å². The molecule has 1 saturated heterocycles. The van der Waals surface area contributed by atoms with Crippen molar-refractivity contribution in [3.05, 3.63) is 18.6 Å². The Kier molecular flexibility index (Phi) is 2.13. The van der Waals surface area contributed by atoms with Crippen LogP contribution in [0, 0.1) is 4.78 Å². The standard InChI is InChI=1S/C8H12N2O2S/c9-13(11,8-3-6-12-7-8)10-4-1-2-5-10/h3,6-7,9H,1-2,4-5H2. The van der Waals surface area contributed by atoms with Gasteiger partial charge in [-0.25, -0.2) is 13.3 Å². The molecule has 0 aromatic carbocycles. The molecule has 0 saturated carbocycles. The van der Waals surface area contributed by atoms with Crippen LogP contribution in [0.5, 0.6) is 0 Å². The Hall–Kier alpha value is -0.810. The monoisotopic (exact) mass is 200 g/mol. The molecule has 2 rings (SSSR count). The first-order chi connectivity index (χ1) is 6.21. The molecule has 2 heterocycles. The fourth-order valence-electron chi connectivity index (χ4n) is 1.50. The van der Waals surface area contributed by atoms with Gasteiger partial charge in [-0.15, -0.1) is 0 Å². The number of nitrogens with zero attached hydrogens (tertiary/aromatic N) is 1. The summed E-state index contributed by atoms with van der Waals surface area (Å²) in [7, 11) is -2.76. The zero-order chi connectivity index (χ0) is 9.31. The van der Waals surface area contributed by atoms with Gasteiger partial charge in [0.05, 0.1) is 6.26 Å². The van der Waals surface area contributed by atoms with Crippen molar-refractivity contribution in [1.82, 2.24) is 4.31 Å². The van der Waals surface area contributed by atoms with Crippen molar-refractivity contribution in [3.63, 3.8) is 0 Å². The fraction of sp³-hybridized carbons (Fsp3) is 0.500. The molecule has 0 aliphatic carbocycles. The molecule has 0 radical (unpaired) electrons. The molecule has 13 heavy (non-hydrogen) atoms. The third-order valence-corrected chi connectivity index (χ3v) is 4.21. The number of hydrogen-bond acceptors (Lipinski definition) is 3. The fourth-order valence-corrected chi connectivity index (χ4v) is 3.00. The topological polar surface area (TPSA) is 57.3 Å². The van der Waals surface area contributed by atoms with Crippen LogP contribution >= 0.6 is 0 Å². The number of rotatable bonds is 2. The molecule has 1 aromatic rings. The van der Waals surface area contributed by atoms with Gasteiger partial charge in [-0.2, -0.15) is 0 Å². The van der Waals surface area contributed by atoms with Crippen LogP contribution in [0.25, 0.3) is 0 Å². The lowest BCUT2D eigenvalue weighted by atomic mass is 10.4.